The maximum atomic E-state index is 11.5. The number of nitrogens with one attached hydrogen (secondary N) is 1. The number of nitrogens with two attached hydrogens (primary N) is 1. The van der Waals surface area contributed by atoms with Gasteiger partial charge >= 0.3 is 0 Å². The molecule has 16 heavy (non-hydrogen) atoms. The van der Waals surface area contributed by atoms with Gasteiger partial charge in [-0.3, -0.25) is 4.79 Å². The lowest BCUT2D eigenvalue weighted by Crippen LogP contribution is -2.86. The highest BCUT2D eigenvalue weighted by atomic mass is 35.5. The Morgan fingerprint density at radius 3 is 2.88 bits per heavy atom. The summed E-state index contributed by atoms with van der Waals surface area (Å²) in [4.78, 5) is 11.5. The average molecular weight is 262 g/mol. The van der Waals surface area contributed by atoms with Crippen LogP contribution in [0.5, 0.6) is 0 Å². The minimum atomic E-state index is -0.0717. The number of rotatable bonds is 5. The molecule has 0 aliphatic heterocycles. The molecule has 0 spiro atoms. The zero-order valence-electron chi connectivity index (χ0n) is 9.09. The smallest absolute Gasteiger partial charge is 0.279 e. The largest absolute Gasteiger partial charge is 0.338 e. The average Bonchev–Trinajstić information content (AvgIpc) is 2.24. The van der Waals surface area contributed by atoms with Gasteiger partial charge in [0.15, 0.2) is 6.54 Å². The van der Waals surface area contributed by atoms with Crippen LogP contribution in [0.3, 0.4) is 0 Å². The summed E-state index contributed by atoms with van der Waals surface area (Å²) in [6.45, 7) is 3.41. The Morgan fingerprint density at radius 1 is 1.44 bits per heavy atom. The maximum absolute atomic E-state index is 11.5. The van der Waals surface area contributed by atoms with Gasteiger partial charge in [0.05, 0.1) is 17.3 Å². The van der Waals surface area contributed by atoms with E-state index in [2.05, 4.69) is 12.2 Å². The summed E-state index contributed by atoms with van der Waals surface area (Å²) in [5, 5.41) is 5.72. The standard InChI is InChI=1S/C11H14Cl2N2O/c1-2-5-14-7-11(16)15-10-6-8(12)3-4-9(10)13/h3-4,6,14H,2,5,7H2,1H3,(H,15,16)/p+1. The van der Waals surface area contributed by atoms with Gasteiger partial charge in [-0.2, -0.15) is 0 Å². The number of carbonyl (C=O) groups excluding carboxylic acids is 1. The number of amides is 1. The Labute approximate surface area is 105 Å². The van der Waals surface area contributed by atoms with Gasteiger partial charge in [0.25, 0.3) is 5.91 Å². The van der Waals surface area contributed by atoms with Crippen molar-refractivity contribution in [1.29, 1.82) is 0 Å². The van der Waals surface area contributed by atoms with Crippen LogP contribution in [0.15, 0.2) is 18.2 Å². The summed E-state index contributed by atoms with van der Waals surface area (Å²) in [6, 6.07) is 4.99. The first-order chi connectivity index (χ1) is 7.63. The van der Waals surface area contributed by atoms with Gasteiger partial charge in [-0.1, -0.05) is 30.1 Å². The zero-order chi connectivity index (χ0) is 12.0. The van der Waals surface area contributed by atoms with Crippen LogP contribution in [-0.2, 0) is 4.79 Å². The van der Waals surface area contributed by atoms with Gasteiger partial charge in [-0.15, -0.1) is 0 Å². The van der Waals surface area contributed by atoms with Crippen LogP contribution in [0, 0.1) is 0 Å². The van der Waals surface area contributed by atoms with Crippen LogP contribution in [-0.4, -0.2) is 19.0 Å². The van der Waals surface area contributed by atoms with E-state index >= 15 is 0 Å². The Hall–Kier alpha value is -0.770. The molecule has 3 nitrogen and oxygen atoms in total. The SMILES string of the molecule is CCC[NH2+]CC(=O)Nc1cc(Cl)ccc1Cl. The van der Waals surface area contributed by atoms with Crippen LogP contribution >= 0.6 is 23.2 Å². The minimum Gasteiger partial charge on any atom is -0.338 e. The molecule has 0 aliphatic carbocycles. The van der Waals surface area contributed by atoms with Gasteiger partial charge in [-0.25, -0.2) is 0 Å². The van der Waals surface area contributed by atoms with E-state index in [0.717, 1.165) is 13.0 Å². The van der Waals surface area contributed by atoms with E-state index < -0.39 is 0 Å². The summed E-state index contributed by atoms with van der Waals surface area (Å²) in [5.74, 6) is -0.0717. The topological polar surface area (TPSA) is 45.7 Å². The van der Waals surface area contributed by atoms with Crippen molar-refractivity contribution >= 4 is 34.8 Å². The first-order valence-electron chi connectivity index (χ1n) is 5.20. The van der Waals surface area contributed by atoms with E-state index in [-0.39, 0.29) is 5.91 Å². The molecule has 0 heterocycles. The molecule has 0 atom stereocenters. The molecule has 5 heteroatoms. The quantitative estimate of drug-likeness (QED) is 0.782. The van der Waals surface area contributed by atoms with Gasteiger partial charge < -0.3 is 10.6 Å². The number of anilines is 1. The molecule has 1 rings (SSSR count). The Kier molecular flexibility index (Phi) is 5.60. The van der Waals surface area contributed by atoms with E-state index in [1.54, 1.807) is 18.2 Å². The first-order valence-corrected chi connectivity index (χ1v) is 5.95. The fourth-order valence-electron chi connectivity index (χ4n) is 1.23. The van der Waals surface area contributed by atoms with Crippen LogP contribution in [0.25, 0.3) is 0 Å². The third-order valence-corrected chi connectivity index (χ3v) is 2.59. The molecule has 3 N–H and O–H groups in total. The van der Waals surface area contributed by atoms with Gasteiger partial charge in [0.2, 0.25) is 0 Å². The normalized spacial score (nSPS) is 10.2. The molecule has 0 bridgehead atoms. The van der Waals surface area contributed by atoms with E-state index in [9.17, 15) is 4.79 Å². The molecule has 1 amide bonds. The fraction of sp³-hybridized carbons (Fsp3) is 0.364. The lowest BCUT2D eigenvalue weighted by Gasteiger charge is -2.06. The molecule has 0 aliphatic rings. The summed E-state index contributed by atoms with van der Waals surface area (Å²) >= 11 is 11.7. The second-order valence-corrected chi connectivity index (χ2v) is 4.30. The third-order valence-electron chi connectivity index (χ3n) is 2.03. The number of halogens is 2. The predicted molar refractivity (Wildman–Crippen MR) is 67.0 cm³/mol. The second kappa shape index (κ2) is 6.74. The van der Waals surface area contributed by atoms with Crippen molar-refractivity contribution in [3.63, 3.8) is 0 Å². The van der Waals surface area contributed by atoms with Gasteiger partial charge in [0.1, 0.15) is 0 Å². The van der Waals surface area contributed by atoms with Crippen LogP contribution in [0.2, 0.25) is 10.0 Å². The molecule has 0 radical (unpaired) electrons. The minimum absolute atomic E-state index is 0.0717. The number of hydrogen-bond donors (Lipinski definition) is 2. The van der Waals surface area contributed by atoms with E-state index in [0.29, 0.717) is 22.3 Å². The monoisotopic (exact) mass is 261 g/mol. The van der Waals surface area contributed by atoms with E-state index in [1.165, 1.54) is 0 Å². The summed E-state index contributed by atoms with van der Waals surface area (Å²) < 4.78 is 0. The molecule has 88 valence electrons. The molecule has 0 saturated carbocycles. The van der Waals surface area contributed by atoms with Crippen LogP contribution in [0.1, 0.15) is 13.3 Å². The predicted octanol–water partition coefficient (Wildman–Crippen LogP) is 1.91. The number of hydrogen-bond acceptors (Lipinski definition) is 1. The fourth-order valence-corrected chi connectivity index (χ4v) is 1.57. The Bertz CT molecular complexity index is 369. The molecule has 0 saturated heterocycles. The number of carbonyl (C=O) groups is 1. The van der Waals surface area contributed by atoms with Gasteiger partial charge in [-0.05, 0) is 24.6 Å². The van der Waals surface area contributed by atoms with Crippen LogP contribution < -0.4 is 10.6 Å². The summed E-state index contributed by atoms with van der Waals surface area (Å²) in [7, 11) is 0. The third kappa shape index (κ3) is 4.39. The van der Waals surface area contributed by atoms with Crippen LogP contribution in [0.4, 0.5) is 5.69 Å². The van der Waals surface area contributed by atoms with Crippen molar-refractivity contribution in [2.45, 2.75) is 13.3 Å². The lowest BCUT2D eigenvalue weighted by molar-refractivity contribution is -0.643. The van der Waals surface area contributed by atoms with Crippen molar-refractivity contribution in [2.24, 2.45) is 0 Å². The molecular formula is C11H15Cl2N2O+. The maximum Gasteiger partial charge on any atom is 0.279 e. The highest BCUT2D eigenvalue weighted by molar-refractivity contribution is 6.35. The molecule has 0 aromatic heterocycles. The molecule has 1 aromatic carbocycles. The summed E-state index contributed by atoms with van der Waals surface area (Å²) in [6.07, 6.45) is 1.05. The number of benzene rings is 1. The van der Waals surface area contributed by atoms with Crippen molar-refractivity contribution in [3.8, 4) is 0 Å². The van der Waals surface area contributed by atoms with Crippen molar-refractivity contribution in [2.75, 3.05) is 18.4 Å². The Morgan fingerprint density at radius 2 is 2.19 bits per heavy atom. The Balaban J connectivity index is 2.52. The molecule has 1 aromatic rings. The molecule has 0 fully saturated rings. The van der Waals surface area contributed by atoms with E-state index in [1.807, 2.05) is 5.32 Å². The van der Waals surface area contributed by atoms with Crippen molar-refractivity contribution in [3.05, 3.63) is 28.2 Å². The number of quaternary nitrogens is 1. The highest BCUT2D eigenvalue weighted by Crippen LogP contribution is 2.25. The highest BCUT2D eigenvalue weighted by Gasteiger charge is 2.07. The molecule has 0 unspecified atom stereocenters. The van der Waals surface area contributed by atoms with Crippen molar-refractivity contribution in [1.82, 2.24) is 0 Å². The van der Waals surface area contributed by atoms with Gasteiger partial charge in [0, 0.05) is 5.02 Å². The van der Waals surface area contributed by atoms with Crippen molar-refractivity contribution < 1.29 is 10.1 Å². The van der Waals surface area contributed by atoms with E-state index in [4.69, 9.17) is 23.2 Å². The first kappa shape index (κ1) is 13.3. The summed E-state index contributed by atoms with van der Waals surface area (Å²) in [5.41, 5.74) is 0.559. The zero-order valence-corrected chi connectivity index (χ0v) is 10.6. The second-order valence-electron chi connectivity index (χ2n) is 3.45. The molecular weight excluding hydrogens is 247 g/mol. The lowest BCUT2D eigenvalue weighted by atomic mass is 10.3.